The average molecular weight is 272 g/mol. The Morgan fingerprint density at radius 2 is 1.72 bits per heavy atom. The lowest BCUT2D eigenvalue weighted by Crippen LogP contribution is -2.55. The summed E-state index contributed by atoms with van der Waals surface area (Å²) < 4.78 is 0. The fourth-order valence-corrected chi connectivity index (χ4v) is 2.47. The summed E-state index contributed by atoms with van der Waals surface area (Å²) in [6.45, 7) is 1.45. The summed E-state index contributed by atoms with van der Waals surface area (Å²) in [7, 11) is 0. The molecule has 1 aliphatic rings. The number of piperidine rings is 1. The molecule has 5 heteroatoms. The third-order valence-electron chi connectivity index (χ3n) is 3.33. The zero-order valence-electron chi connectivity index (χ0n) is 10.0. The first-order chi connectivity index (χ1) is 8.58. The Bertz CT molecular complexity index is 390. The maximum absolute atomic E-state index is 9.59. The van der Waals surface area contributed by atoms with Crippen LogP contribution in [0.15, 0.2) is 24.3 Å². The monoisotopic (exact) mass is 271 g/mol. The van der Waals surface area contributed by atoms with Crippen LogP contribution < -0.4 is 0 Å². The van der Waals surface area contributed by atoms with Gasteiger partial charge in [-0.3, -0.25) is 4.90 Å². The summed E-state index contributed by atoms with van der Waals surface area (Å²) in [5.74, 6) is 0. The van der Waals surface area contributed by atoms with Crippen molar-refractivity contribution in [1.29, 1.82) is 0 Å². The van der Waals surface area contributed by atoms with Gasteiger partial charge in [0, 0.05) is 24.7 Å². The standard InChI is InChI=1S/C13H18ClNO3/c14-10-4-2-1-3-9(10)5-6-15-7-11(16)13(18)12(17)8-15/h1-4,11-13,16-18H,5-8H2/t11-,12+,13+. The van der Waals surface area contributed by atoms with E-state index in [0.29, 0.717) is 19.6 Å². The van der Waals surface area contributed by atoms with Crippen molar-refractivity contribution in [2.24, 2.45) is 0 Å². The molecule has 100 valence electrons. The van der Waals surface area contributed by atoms with Crippen LogP contribution in [0, 0.1) is 0 Å². The second-order valence-electron chi connectivity index (χ2n) is 4.73. The Hall–Kier alpha value is -0.650. The van der Waals surface area contributed by atoms with Crippen molar-refractivity contribution in [1.82, 2.24) is 4.90 Å². The molecule has 3 N–H and O–H groups in total. The Labute approximate surface area is 111 Å². The highest BCUT2D eigenvalue weighted by atomic mass is 35.5. The third-order valence-corrected chi connectivity index (χ3v) is 3.70. The number of hydrogen-bond donors (Lipinski definition) is 3. The molecule has 0 amide bonds. The van der Waals surface area contributed by atoms with Gasteiger partial charge in [-0.25, -0.2) is 0 Å². The highest BCUT2D eigenvalue weighted by molar-refractivity contribution is 6.31. The molecule has 0 radical (unpaired) electrons. The lowest BCUT2D eigenvalue weighted by molar-refractivity contribution is -0.109. The molecule has 18 heavy (non-hydrogen) atoms. The van der Waals surface area contributed by atoms with Crippen LogP contribution in [0.3, 0.4) is 0 Å². The van der Waals surface area contributed by atoms with Crippen molar-refractivity contribution in [2.75, 3.05) is 19.6 Å². The van der Waals surface area contributed by atoms with Gasteiger partial charge in [-0.1, -0.05) is 29.8 Å². The van der Waals surface area contributed by atoms with Crippen molar-refractivity contribution >= 4 is 11.6 Å². The maximum Gasteiger partial charge on any atom is 0.108 e. The summed E-state index contributed by atoms with van der Waals surface area (Å²) in [4.78, 5) is 1.94. The normalized spacial score (nSPS) is 29.4. The van der Waals surface area contributed by atoms with Crippen LogP contribution in [0.5, 0.6) is 0 Å². The van der Waals surface area contributed by atoms with Gasteiger partial charge in [0.05, 0.1) is 12.2 Å². The van der Waals surface area contributed by atoms with Crippen LogP contribution in [0.4, 0.5) is 0 Å². The van der Waals surface area contributed by atoms with Crippen LogP contribution in [0.2, 0.25) is 5.02 Å². The minimum Gasteiger partial charge on any atom is -0.389 e. The summed E-state index contributed by atoms with van der Waals surface area (Å²) >= 11 is 6.07. The fourth-order valence-electron chi connectivity index (χ4n) is 2.24. The first-order valence-electron chi connectivity index (χ1n) is 6.08. The topological polar surface area (TPSA) is 63.9 Å². The van der Waals surface area contributed by atoms with Crippen molar-refractivity contribution in [3.63, 3.8) is 0 Å². The molecule has 1 fully saturated rings. The zero-order valence-corrected chi connectivity index (χ0v) is 10.8. The predicted octanol–water partition coefficient (Wildman–Crippen LogP) is 0.281. The van der Waals surface area contributed by atoms with E-state index in [1.807, 2.05) is 29.2 Å². The number of rotatable bonds is 3. The van der Waals surface area contributed by atoms with E-state index in [0.717, 1.165) is 17.0 Å². The van der Waals surface area contributed by atoms with Crippen molar-refractivity contribution < 1.29 is 15.3 Å². The Morgan fingerprint density at radius 3 is 2.33 bits per heavy atom. The molecule has 0 aliphatic carbocycles. The lowest BCUT2D eigenvalue weighted by Gasteiger charge is -2.36. The zero-order chi connectivity index (χ0) is 13.1. The van der Waals surface area contributed by atoms with Gasteiger partial charge in [0.1, 0.15) is 6.10 Å². The molecule has 1 aromatic carbocycles. The first kappa shape index (κ1) is 13.8. The summed E-state index contributed by atoms with van der Waals surface area (Å²) in [5, 5.41) is 29.4. The van der Waals surface area contributed by atoms with Gasteiger partial charge in [-0.15, -0.1) is 0 Å². The fraction of sp³-hybridized carbons (Fsp3) is 0.538. The van der Waals surface area contributed by atoms with Crippen molar-refractivity contribution in [2.45, 2.75) is 24.7 Å². The van der Waals surface area contributed by atoms with Gasteiger partial charge < -0.3 is 15.3 Å². The van der Waals surface area contributed by atoms with E-state index in [9.17, 15) is 15.3 Å². The molecule has 3 atom stereocenters. The Balaban J connectivity index is 1.89. The smallest absolute Gasteiger partial charge is 0.108 e. The molecule has 2 rings (SSSR count). The SMILES string of the molecule is O[C@H]1[C@H](O)CN(CCc2ccccc2Cl)C[C@@H]1O. The van der Waals surface area contributed by atoms with Gasteiger partial charge in [0.15, 0.2) is 0 Å². The number of benzene rings is 1. The van der Waals surface area contributed by atoms with Crippen molar-refractivity contribution in [3.05, 3.63) is 34.9 Å². The molecule has 0 unspecified atom stereocenters. The number of hydrogen-bond acceptors (Lipinski definition) is 4. The van der Waals surface area contributed by atoms with E-state index >= 15 is 0 Å². The van der Waals surface area contributed by atoms with E-state index in [4.69, 9.17) is 11.6 Å². The number of aliphatic hydroxyl groups excluding tert-OH is 3. The summed E-state index contributed by atoms with van der Waals surface area (Å²) in [6.07, 6.45) is -2.06. The predicted molar refractivity (Wildman–Crippen MR) is 69.6 cm³/mol. The Kier molecular flexibility index (Phi) is 4.59. The second kappa shape index (κ2) is 5.99. The lowest BCUT2D eigenvalue weighted by atomic mass is 10.0. The van der Waals surface area contributed by atoms with E-state index < -0.39 is 18.3 Å². The van der Waals surface area contributed by atoms with Crippen LogP contribution in [-0.4, -0.2) is 58.2 Å². The molecule has 4 nitrogen and oxygen atoms in total. The number of β-amino-alcohol motifs (C(OH)–C–C–N with tert-alkyl or cyclic N) is 2. The van der Waals surface area contributed by atoms with Crippen LogP contribution >= 0.6 is 11.6 Å². The third kappa shape index (κ3) is 3.22. The Morgan fingerprint density at radius 1 is 1.11 bits per heavy atom. The molecular weight excluding hydrogens is 254 g/mol. The molecular formula is C13H18ClNO3. The minimum absolute atomic E-state index is 0.378. The average Bonchev–Trinajstić information content (AvgIpc) is 2.35. The largest absolute Gasteiger partial charge is 0.389 e. The van der Waals surface area contributed by atoms with E-state index in [-0.39, 0.29) is 0 Å². The maximum atomic E-state index is 9.59. The summed E-state index contributed by atoms with van der Waals surface area (Å²) in [5.41, 5.74) is 1.05. The molecule has 0 spiro atoms. The summed E-state index contributed by atoms with van der Waals surface area (Å²) in [6, 6.07) is 7.63. The molecule has 1 saturated heterocycles. The van der Waals surface area contributed by atoms with Gasteiger partial charge in [0.2, 0.25) is 0 Å². The molecule has 1 aliphatic heterocycles. The van der Waals surface area contributed by atoms with Crippen LogP contribution in [0.25, 0.3) is 0 Å². The number of nitrogens with zero attached hydrogens (tertiary/aromatic N) is 1. The van der Waals surface area contributed by atoms with Crippen LogP contribution in [-0.2, 0) is 6.42 Å². The number of halogens is 1. The number of aliphatic hydroxyl groups is 3. The molecule has 0 bridgehead atoms. The van der Waals surface area contributed by atoms with Crippen LogP contribution in [0.1, 0.15) is 5.56 Å². The second-order valence-corrected chi connectivity index (χ2v) is 5.13. The highest BCUT2D eigenvalue weighted by Crippen LogP contribution is 2.17. The van der Waals surface area contributed by atoms with E-state index in [1.165, 1.54) is 0 Å². The van der Waals surface area contributed by atoms with E-state index in [2.05, 4.69) is 0 Å². The molecule has 0 aromatic heterocycles. The van der Waals surface area contributed by atoms with Gasteiger partial charge >= 0.3 is 0 Å². The van der Waals surface area contributed by atoms with Crippen molar-refractivity contribution in [3.8, 4) is 0 Å². The number of likely N-dealkylation sites (tertiary alicyclic amines) is 1. The first-order valence-corrected chi connectivity index (χ1v) is 6.45. The molecule has 1 heterocycles. The highest BCUT2D eigenvalue weighted by Gasteiger charge is 2.32. The van der Waals surface area contributed by atoms with Gasteiger partial charge in [-0.2, -0.15) is 0 Å². The minimum atomic E-state index is -1.04. The van der Waals surface area contributed by atoms with E-state index in [1.54, 1.807) is 0 Å². The quantitative estimate of drug-likeness (QED) is 0.739. The van der Waals surface area contributed by atoms with Gasteiger partial charge in [0.25, 0.3) is 0 Å². The molecule has 1 aromatic rings. The molecule has 0 saturated carbocycles. The van der Waals surface area contributed by atoms with Gasteiger partial charge in [-0.05, 0) is 18.1 Å².